The van der Waals surface area contributed by atoms with E-state index in [1.807, 2.05) is 0 Å². The lowest BCUT2D eigenvalue weighted by Gasteiger charge is -2.21. The predicted octanol–water partition coefficient (Wildman–Crippen LogP) is 2.69. The van der Waals surface area contributed by atoms with E-state index < -0.39 is 12.0 Å². The maximum Gasteiger partial charge on any atom is 0.329 e. The van der Waals surface area contributed by atoms with Gasteiger partial charge in [0, 0.05) is 12.1 Å². The number of amides is 1. The van der Waals surface area contributed by atoms with E-state index in [0.29, 0.717) is 42.3 Å². The molecule has 1 aliphatic rings. The number of furan rings is 1. The highest BCUT2D eigenvalue weighted by Crippen LogP contribution is 2.31. The van der Waals surface area contributed by atoms with Crippen LogP contribution in [-0.2, 0) is 16.1 Å². The summed E-state index contributed by atoms with van der Waals surface area (Å²) in [4.78, 5) is 30.8. The Kier molecular flexibility index (Phi) is 5.87. The van der Waals surface area contributed by atoms with Gasteiger partial charge in [-0.15, -0.1) is 0 Å². The maximum atomic E-state index is 12.6. The van der Waals surface area contributed by atoms with Gasteiger partial charge in [0.05, 0.1) is 20.5 Å². The zero-order chi connectivity index (χ0) is 21.8. The van der Waals surface area contributed by atoms with Crippen molar-refractivity contribution in [1.29, 1.82) is 0 Å². The number of carbonyl (C=O) groups is 2. The number of carbonyl (C=O) groups excluding carboxylic acids is 2. The Morgan fingerprint density at radius 2 is 2.03 bits per heavy atom. The normalized spacial score (nSPS) is 15.7. The molecule has 2 aromatic heterocycles. The van der Waals surface area contributed by atoms with Gasteiger partial charge in [0.15, 0.2) is 23.9 Å². The van der Waals surface area contributed by atoms with Crippen LogP contribution in [0, 0.1) is 0 Å². The maximum absolute atomic E-state index is 12.6. The molecule has 3 aromatic rings. The topological polar surface area (TPSA) is 117 Å². The lowest BCUT2D eigenvalue weighted by molar-refractivity contribution is -0.150. The summed E-state index contributed by atoms with van der Waals surface area (Å²) in [5.41, 5.74) is 0.657. The second-order valence-corrected chi connectivity index (χ2v) is 6.82. The van der Waals surface area contributed by atoms with E-state index in [2.05, 4.69) is 10.1 Å². The van der Waals surface area contributed by atoms with Gasteiger partial charge in [-0.2, -0.15) is 4.98 Å². The van der Waals surface area contributed by atoms with Crippen LogP contribution in [0.3, 0.4) is 0 Å². The third-order valence-electron chi connectivity index (χ3n) is 4.97. The first-order chi connectivity index (χ1) is 15.1. The van der Waals surface area contributed by atoms with E-state index in [1.165, 1.54) is 18.3 Å². The standard InChI is InChI=1S/C21H21N3O7/c1-27-15-8-7-13(11-17(15)28-2)19-22-18(31-23-19)12-30-21(26)14-5-3-9-24(14)20(25)16-6-4-10-29-16/h4,6-8,10-11,14H,3,5,9,12H2,1-2H3/t14-/m0/s1. The highest BCUT2D eigenvalue weighted by molar-refractivity contribution is 5.94. The van der Waals surface area contributed by atoms with Gasteiger partial charge in [0.1, 0.15) is 6.04 Å². The Labute approximate surface area is 177 Å². The first-order valence-electron chi connectivity index (χ1n) is 9.67. The van der Waals surface area contributed by atoms with Gasteiger partial charge in [-0.05, 0) is 43.2 Å². The molecule has 1 fully saturated rings. The molecule has 10 heteroatoms. The summed E-state index contributed by atoms with van der Waals surface area (Å²) in [5, 5.41) is 3.92. The van der Waals surface area contributed by atoms with Crippen LogP contribution in [0.1, 0.15) is 29.3 Å². The third kappa shape index (κ3) is 4.23. The summed E-state index contributed by atoms with van der Waals surface area (Å²) in [6.45, 7) is 0.266. The van der Waals surface area contributed by atoms with E-state index in [9.17, 15) is 9.59 Å². The summed E-state index contributed by atoms with van der Waals surface area (Å²) >= 11 is 0. The number of benzene rings is 1. The van der Waals surface area contributed by atoms with Crippen molar-refractivity contribution in [2.45, 2.75) is 25.5 Å². The monoisotopic (exact) mass is 427 g/mol. The van der Waals surface area contributed by atoms with Gasteiger partial charge in [0.2, 0.25) is 5.82 Å². The number of ether oxygens (including phenoxy) is 3. The van der Waals surface area contributed by atoms with E-state index >= 15 is 0 Å². The van der Waals surface area contributed by atoms with Gasteiger partial charge in [-0.25, -0.2) is 4.79 Å². The molecule has 0 radical (unpaired) electrons. The first-order valence-corrected chi connectivity index (χ1v) is 9.67. The molecule has 4 rings (SSSR count). The summed E-state index contributed by atoms with van der Waals surface area (Å²) in [7, 11) is 3.08. The van der Waals surface area contributed by atoms with Crippen LogP contribution in [0.15, 0.2) is 45.5 Å². The largest absolute Gasteiger partial charge is 0.493 e. The molecule has 1 atom stereocenters. The zero-order valence-corrected chi connectivity index (χ0v) is 17.1. The van der Waals surface area contributed by atoms with Crippen molar-refractivity contribution in [1.82, 2.24) is 15.0 Å². The Bertz CT molecular complexity index is 1060. The van der Waals surface area contributed by atoms with E-state index in [0.717, 1.165) is 0 Å². The Balaban J connectivity index is 1.39. The number of hydrogen-bond acceptors (Lipinski definition) is 9. The average molecular weight is 427 g/mol. The van der Waals surface area contributed by atoms with Crippen LogP contribution in [0.25, 0.3) is 11.4 Å². The second-order valence-electron chi connectivity index (χ2n) is 6.82. The fraction of sp³-hybridized carbons (Fsp3) is 0.333. The van der Waals surface area contributed by atoms with E-state index in [-0.39, 0.29) is 24.2 Å². The Morgan fingerprint density at radius 1 is 1.19 bits per heavy atom. The minimum atomic E-state index is -0.675. The van der Waals surface area contributed by atoms with E-state index in [4.69, 9.17) is 23.2 Å². The number of nitrogens with zero attached hydrogens (tertiary/aromatic N) is 3. The van der Waals surface area contributed by atoms with Crippen molar-refractivity contribution in [2.75, 3.05) is 20.8 Å². The summed E-state index contributed by atoms with van der Waals surface area (Å²) < 4.78 is 26.2. The molecule has 1 saturated heterocycles. The SMILES string of the molecule is COc1ccc(-c2noc(COC(=O)[C@@H]3CCCN3C(=O)c3ccco3)n2)cc1OC. The fourth-order valence-electron chi connectivity index (χ4n) is 3.43. The molecule has 1 aromatic carbocycles. The van der Waals surface area contributed by atoms with Crippen molar-refractivity contribution in [3.8, 4) is 22.9 Å². The summed E-state index contributed by atoms with van der Waals surface area (Å²) in [6.07, 6.45) is 2.64. The lowest BCUT2D eigenvalue weighted by Crippen LogP contribution is -2.41. The molecule has 0 aliphatic carbocycles. The minimum Gasteiger partial charge on any atom is -0.493 e. The van der Waals surface area contributed by atoms with Crippen LogP contribution in [-0.4, -0.2) is 53.7 Å². The van der Waals surface area contributed by atoms with E-state index in [1.54, 1.807) is 37.4 Å². The number of methoxy groups -OCH3 is 2. The zero-order valence-electron chi connectivity index (χ0n) is 17.1. The highest BCUT2D eigenvalue weighted by atomic mass is 16.6. The predicted molar refractivity (Wildman–Crippen MR) is 105 cm³/mol. The number of esters is 1. The number of rotatable bonds is 7. The number of hydrogen-bond donors (Lipinski definition) is 0. The molecular formula is C21H21N3O7. The minimum absolute atomic E-state index is 0.139. The molecule has 0 N–H and O–H groups in total. The Morgan fingerprint density at radius 3 is 2.77 bits per heavy atom. The lowest BCUT2D eigenvalue weighted by atomic mass is 10.2. The average Bonchev–Trinajstić information content (AvgIpc) is 3.57. The molecular weight excluding hydrogens is 406 g/mol. The van der Waals surface area contributed by atoms with Crippen LogP contribution >= 0.6 is 0 Å². The quantitative estimate of drug-likeness (QED) is 0.525. The molecule has 0 unspecified atom stereocenters. The molecule has 1 aliphatic heterocycles. The fourth-order valence-corrected chi connectivity index (χ4v) is 3.43. The molecule has 10 nitrogen and oxygen atoms in total. The second kappa shape index (κ2) is 8.90. The van der Waals surface area contributed by atoms with Crippen molar-refractivity contribution >= 4 is 11.9 Å². The van der Waals surface area contributed by atoms with Gasteiger partial charge in [-0.3, -0.25) is 4.79 Å². The van der Waals surface area contributed by atoms with Crippen molar-refractivity contribution in [3.05, 3.63) is 48.2 Å². The van der Waals surface area contributed by atoms with Crippen LogP contribution in [0.5, 0.6) is 11.5 Å². The molecule has 3 heterocycles. The van der Waals surface area contributed by atoms with Crippen molar-refractivity contribution < 1.29 is 32.7 Å². The number of aromatic nitrogens is 2. The van der Waals surface area contributed by atoms with Crippen LogP contribution in [0.2, 0.25) is 0 Å². The smallest absolute Gasteiger partial charge is 0.329 e. The molecule has 31 heavy (non-hydrogen) atoms. The molecule has 1 amide bonds. The molecule has 162 valence electrons. The van der Waals surface area contributed by atoms with Gasteiger partial charge in [-0.1, -0.05) is 5.16 Å². The van der Waals surface area contributed by atoms with Gasteiger partial charge in [0.25, 0.3) is 11.8 Å². The van der Waals surface area contributed by atoms with Crippen molar-refractivity contribution in [2.24, 2.45) is 0 Å². The Hall–Kier alpha value is -3.82. The van der Waals surface area contributed by atoms with Crippen LogP contribution in [0.4, 0.5) is 0 Å². The molecule has 0 saturated carbocycles. The van der Waals surface area contributed by atoms with Gasteiger partial charge < -0.3 is 28.1 Å². The third-order valence-corrected chi connectivity index (χ3v) is 4.97. The summed E-state index contributed by atoms with van der Waals surface area (Å²) in [5.74, 6) is 0.898. The summed E-state index contributed by atoms with van der Waals surface area (Å²) in [6, 6.07) is 7.73. The van der Waals surface area contributed by atoms with Gasteiger partial charge >= 0.3 is 5.97 Å². The van der Waals surface area contributed by atoms with Crippen LogP contribution < -0.4 is 9.47 Å². The highest BCUT2D eigenvalue weighted by Gasteiger charge is 2.36. The molecule has 0 bridgehead atoms. The van der Waals surface area contributed by atoms with Crippen molar-refractivity contribution in [3.63, 3.8) is 0 Å². The molecule has 0 spiro atoms. The number of likely N-dealkylation sites (tertiary alicyclic amines) is 1. The first kappa shape index (κ1) is 20.5.